The van der Waals surface area contributed by atoms with Crippen molar-refractivity contribution in [2.45, 2.75) is 98.5 Å². The second-order valence-corrected chi connectivity index (χ2v) is 14.7. The zero-order valence-corrected chi connectivity index (χ0v) is 24.1. The van der Waals surface area contributed by atoms with Crippen molar-refractivity contribution in [3.05, 3.63) is 22.8 Å². The Kier molecular flexibility index (Phi) is 5.84. The average Bonchev–Trinajstić information content (AvgIpc) is 2.85. The molecule has 0 aromatic heterocycles. The Morgan fingerprint density at radius 2 is 1.74 bits per heavy atom. The summed E-state index contributed by atoms with van der Waals surface area (Å²) in [5.74, 6) is -0.799. The van der Waals surface area contributed by atoms with Crippen LogP contribution in [0.1, 0.15) is 92.9 Å². The van der Waals surface area contributed by atoms with Gasteiger partial charge in [0.15, 0.2) is 0 Å². The van der Waals surface area contributed by atoms with Crippen molar-refractivity contribution in [3.63, 3.8) is 0 Å². The minimum absolute atomic E-state index is 0.0228. The summed E-state index contributed by atoms with van der Waals surface area (Å²) >= 11 is 0. The average molecular weight is 522 g/mol. The van der Waals surface area contributed by atoms with E-state index in [2.05, 4.69) is 27.7 Å². The lowest BCUT2D eigenvalue weighted by atomic mass is 9.34. The van der Waals surface area contributed by atoms with Gasteiger partial charge in [0, 0.05) is 11.3 Å². The molecule has 1 N–H and O–H groups in total. The van der Waals surface area contributed by atoms with Gasteiger partial charge in [-0.25, -0.2) is 0 Å². The van der Waals surface area contributed by atoms with E-state index in [-0.39, 0.29) is 39.6 Å². The molecule has 0 aromatic carbocycles. The quantitative estimate of drug-likeness (QED) is 0.380. The third-order valence-electron chi connectivity index (χ3n) is 12.6. The second kappa shape index (κ2) is 8.13. The maximum Gasteiger partial charge on any atom is 0.312 e. The van der Waals surface area contributed by atoms with E-state index in [0.717, 1.165) is 56.0 Å². The molecule has 0 aromatic rings. The van der Waals surface area contributed by atoms with E-state index in [1.54, 1.807) is 6.08 Å². The van der Waals surface area contributed by atoms with E-state index in [1.165, 1.54) is 14.0 Å². The van der Waals surface area contributed by atoms with Crippen molar-refractivity contribution in [1.82, 2.24) is 0 Å². The lowest BCUT2D eigenvalue weighted by molar-refractivity contribution is -0.192. The molecule has 0 heterocycles. The number of nitrogens with zero attached hydrogens (tertiary/aromatic N) is 1. The molecule has 6 heteroatoms. The highest BCUT2D eigenvalue weighted by molar-refractivity contribution is 6.06. The van der Waals surface area contributed by atoms with Gasteiger partial charge in [0.2, 0.25) is 5.78 Å². The first-order chi connectivity index (χ1) is 17.6. The smallest absolute Gasteiger partial charge is 0.312 e. The predicted octanol–water partition coefficient (Wildman–Crippen LogP) is 5.49. The molecule has 3 fully saturated rings. The SMILES string of the molecule is COC(=O)[C@]12CCC(C)(C)CC1C1CC(C=O)=C3[C@@]4(C)C=C(C#N)C(=O)[C@](C)(O)C4CC[C@@]3(C)[C@]1(C)CC2. The van der Waals surface area contributed by atoms with Gasteiger partial charge in [0.25, 0.3) is 0 Å². The predicted molar refractivity (Wildman–Crippen MR) is 142 cm³/mol. The molecule has 0 amide bonds. The largest absolute Gasteiger partial charge is 0.469 e. The molecule has 0 radical (unpaired) electrons. The standard InChI is InChI=1S/C32H43NO5/c1-27(2)10-12-32(26(36)38-7)13-11-29(4)21(22(32)16-27)14-19(18-34)24-28(3)15-20(17-33)25(35)31(6,37)23(28)8-9-30(24,29)5/h15,18,21-23,37H,8-14,16H2,1-7H3/t21?,22?,23?,28-,29+,30+,31+,32-/m0/s1. The molecule has 0 spiro atoms. The van der Waals surface area contributed by atoms with Gasteiger partial charge >= 0.3 is 5.97 Å². The summed E-state index contributed by atoms with van der Waals surface area (Å²) < 4.78 is 5.44. The lowest BCUT2D eigenvalue weighted by Gasteiger charge is -2.69. The fourth-order valence-electron chi connectivity index (χ4n) is 10.5. The molecule has 8 atom stereocenters. The summed E-state index contributed by atoms with van der Waals surface area (Å²) in [5, 5.41) is 21.3. The van der Waals surface area contributed by atoms with E-state index in [9.17, 15) is 24.8 Å². The third kappa shape index (κ3) is 3.17. The van der Waals surface area contributed by atoms with Gasteiger partial charge in [-0.3, -0.25) is 14.4 Å². The van der Waals surface area contributed by atoms with Crippen molar-refractivity contribution in [2.75, 3.05) is 7.11 Å². The molecule has 6 nitrogen and oxygen atoms in total. The van der Waals surface area contributed by atoms with Crippen molar-refractivity contribution in [3.8, 4) is 6.07 Å². The molecule has 3 saturated carbocycles. The molecule has 0 aliphatic heterocycles. The molecule has 0 bridgehead atoms. The first-order valence-electron chi connectivity index (χ1n) is 14.3. The molecule has 5 aliphatic rings. The summed E-state index contributed by atoms with van der Waals surface area (Å²) in [6.07, 6.45) is 8.99. The number of nitriles is 1. The van der Waals surface area contributed by atoms with Crippen LogP contribution in [0, 0.1) is 56.2 Å². The summed E-state index contributed by atoms with van der Waals surface area (Å²) in [5.41, 5.74) is -1.75. The van der Waals surface area contributed by atoms with E-state index < -0.39 is 28.1 Å². The number of esters is 1. The van der Waals surface area contributed by atoms with Gasteiger partial charge in [-0.1, -0.05) is 40.7 Å². The van der Waals surface area contributed by atoms with Gasteiger partial charge in [0.05, 0.1) is 18.1 Å². The first-order valence-corrected chi connectivity index (χ1v) is 14.3. The van der Waals surface area contributed by atoms with Crippen LogP contribution >= 0.6 is 0 Å². The van der Waals surface area contributed by atoms with E-state index in [1.807, 2.05) is 13.0 Å². The number of ether oxygens (including phenoxy) is 1. The van der Waals surface area contributed by atoms with Crippen LogP contribution in [-0.4, -0.2) is 35.9 Å². The van der Waals surface area contributed by atoms with Crippen LogP contribution < -0.4 is 0 Å². The second-order valence-electron chi connectivity index (χ2n) is 14.7. The molecular formula is C32H43NO5. The van der Waals surface area contributed by atoms with Crippen molar-refractivity contribution >= 4 is 18.0 Å². The molecule has 5 aliphatic carbocycles. The van der Waals surface area contributed by atoms with Crippen LogP contribution in [0.15, 0.2) is 22.8 Å². The Morgan fingerprint density at radius 1 is 1.08 bits per heavy atom. The number of rotatable bonds is 2. The van der Waals surface area contributed by atoms with Crippen molar-refractivity contribution in [1.29, 1.82) is 5.26 Å². The number of carbonyl (C=O) groups is 3. The van der Waals surface area contributed by atoms with Gasteiger partial charge in [0.1, 0.15) is 18.0 Å². The minimum Gasteiger partial charge on any atom is -0.469 e. The summed E-state index contributed by atoms with van der Waals surface area (Å²) in [4.78, 5) is 39.4. The molecule has 0 saturated heterocycles. The number of ketones is 1. The Balaban J connectivity index is 1.73. The van der Waals surface area contributed by atoms with Gasteiger partial charge in [-0.15, -0.1) is 0 Å². The van der Waals surface area contributed by atoms with E-state index in [4.69, 9.17) is 4.74 Å². The van der Waals surface area contributed by atoms with Crippen LogP contribution in [0.4, 0.5) is 0 Å². The number of hydrogen-bond donors (Lipinski definition) is 1. The Labute approximate surface area is 226 Å². The normalized spacial score (nSPS) is 47.4. The lowest BCUT2D eigenvalue weighted by Crippen LogP contribution is -2.65. The number of allylic oxidation sites excluding steroid dienone is 3. The van der Waals surface area contributed by atoms with Crippen molar-refractivity contribution < 1.29 is 24.2 Å². The number of hydrogen-bond acceptors (Lipinski definition) is 6. The zero-order chi connectivity index (χ0) is 28.1. The van der Waals surface area contributed by atoms with Crippen LogP contribution in [0.2, 0.25) is 0 Å². The maximum atomic E-state index is 13.4. The molecule has 38 heavy (non-hydrogen) atoms. The Bertz CT molecular complexity index is 1220. The highest BCUT2D eigenvalue weighted by Crippen LogP contribution is 2.75. The van der Waals surface area contributed by atoms with E-state index in [0.29, 0.717) is 12.8 Å². The molecular weight excluding hydrogens is 478 g/mol. The Morgan fingerprint density at radius 3 is 2.34 bits per heavy atom. The first kappa shape index (κ1) is 27.3. The van der Waals surface area contributed by atoms with E-state index >= 15 is 0 Å². The fourth-order valence-corrected chi connectivity index (χ4v) is 10.5. The van der Waals surface area contributed by atoms with Crippen molar-refractivity contribution in [2.24, 2.45) is 44.8 Å². The number of fused-ring (bicyclic) bond motifs is 7. The topological polar surface area (TPSA) is 104 Å². The van der Waals surface area contributed by atoms with Crippen LogP contribution in [-0.2, 0) is 19.1 Å². The monoisotopic (exact) mass is 521 g/mol. The number of aldehydes is 1. The highest BCUT2D eigenvalue weighted by atomic mass is 16.5. The summed E-state index contributed by atoms with van der Waals surface area (Å²) in [7, 11) is 1.50. The minimum atomic E-state index is -1.67. The van der Waals surface area contributed by atoms with Gasteiger partial charge in [-0.05, 0) is 97.5 Å². The van der Waals surface area contributed by atoms with Gasteiger partial charge < -0.3 is 9.84 Å². The number of Topliss-reactive ketones (excluding diaryl/α,β-unsaturated/α-hetero) is 1. The van der Waals surface area contributed by atoms with Gasteiger partial charge in [-0.2, -0.15) is 5.26 Å². The number of aliphatic hydroxyl groups is 1. The number of methoxy groups -OCH3 is 1. The summed E-state index contributed by atoms with van der Waals surface area (Å²) in [6, 6.07) is 2.03. The highest BCUT2D eigenvalue weighted by Gasteiger charge is 2.70. The van der Waals surface area contributed by atoms with Crippen LogP contribution in [0.5, 0.6) is 0 Å². The Hall–Kier alpha value is -2.26. The van der Waals surface area contributed by atoms with Crippen LogP contribution in [0.25, 0.3) is 0 Å². The number of carbonyl (C=O) groups excluding carboxylic acids is 3. The molecule has 206 valence electrons. The molecule has 3 unspecified atom stereocenters. The fraction of sp³-hybridized carbons (Fsp3) is 0.750. The van der Waals surface area contributed by atoms with Crippen LogP contribution in [0.3, 0.4) is 0 Å². The summed E-state index contributed by atoms with van der Waals surface area (Å²) in [6.45, 7) is 12.7. The third-order valence-corrected chi connectivity index (χ3v) is 12.6. The molecule has 5 rings (SSSR count). The maximum absolute atomic E-state index is 13.4. The zero-order valence-electron chi connectivity index (χ0n) is 24.1.